The molecule has 0 fully saturated rings. The second-order valence-electron chi connectivity index (χ2n) is 7.72. The second-order valence-corrected chi connectivity index (χ2v) is 7.72. The summed E-state index contributed by atoms with van der Waals surface area (Å²) in [5, 5.41) is 12.6. The van der Waals surface area contributed by atoms with Crippen molar-refractivity contribution in [2.45, 2.75) is 18.6 Å². The number of halogens is 3. The molecule has 0 aliphatic carbocycles. The molecule has 1 atom stereocenters. The zero-order valence-corrected chi connectivity index (χ0v) is 17.7. The van der Waals surface area contributed by atoms with Gasteiger partial charge in [-0.3, -0.25) is 9.59 Å². The number of benzene rings is 3. The Hall–Kier alpha value is -4.20. The van der Waals surface area contributed by atoms with Gasteiger partial charge < -0.3 is 10.4 Å². The normalized spacial score (nSPS) is 12.3. The Morgan fingerprint density at radius 2 is 1.68 bits per heavy atom. The standard InChI is InChI=1S/C26H19F3N2O3/c27-26(28,29)20-8-4-7-17(14-20)21-11-9-18-13-19(10-12-22(18)30-21)25(34)31-23(15-24(32)33)16-5-2-1-3-6-16/h1-14,23H,15H2,(H,31,34)(H,32,33). The molecular weight excluding hydrogens is 445 g/mol. The summed E-state index contributed by atoms with van der Waals surface area (Å²) in [5.74, 6) is -1.49. The molecule has 0 bridgehead atoms. The number of alkyl halides is 3. The van der Waals surface area contributed by atoms with Crippen molar-refractivity contribution in [3.8, 4) is 11.3 Å². The summed E-state index contributed by atoms with van der Waals surface area (Å²) >= 11 is 0. The molecule has 1 aromatic heterocycles. The van der Waals surface area contributed by atoms with Crippen LogP contribution in [0.25, 0.3) is 22.2 Å². The molecule has 172 valence electrons. The average Bonchev–Trinajstić information content (AvgIpc) is 2.82. The van der Waals surface area contributed by atoms with Crippen LogP contribution in [-0.2, 0) is 11.0 Å². The number of pyridine rings is 1. The molecule has 1 heterocycles. The number of aromatic nitrogens is 1. The lowest BCUT2D eigenvalue weighted by Gasteiger charge is -2.17. The van der Waals surface area contributed by atoms with Gasteiger partial charge in [-0.15, -0.1) is 0 Å². The number of amides is 1. The first-order valence-electron chi connectivity index (χ1n) is 10.4. The number of nitrogens with zero attached hydrogens (tertiary/aromatic N) is 1. The number of fused-ring (bicyclic) bond motifs is 1. The zero-order chi connectivity index (χ0) is 24.3. The van der Waals surface area contributed by atoms with Gasteiger partial charge in [0.1, 0.15) is 0 Å². The van der Waals surface area contributed by atoms with Gasteiger partial charge in [-0.1, -0.05) is 48.5 Å². The number of carbonyl (C=O) groups is 2. The van der Waals surface area contributed by atoms with Crippen molar-refractivity contribution in [1.29, 1.82) is 0 Å². The van der Waals surface area contributed by atoms with Gasteiger partial charge >= 0.3 is 12.1 Å². The SMILES string of the molecule is O=C(O)CC(NC(=O)c1ccc2nc(-c3cccc(C(F)(F)F)c3)ccc2c1)c1ccccc1. The van der Waals surface area contributed by atoms with Gasteiger partial charge in [0.2, 0.25) is 0 Å². The minimum Gasteiger partial charge on any atom is -0.481 e. The summed E-state index contributed by atoms with van der Waals surface area (Å²) in [4.78, 5) is 28.6. The predicted molar refractivity (Wildman–Crippen MR) is 121 cm³/mol. The molecule has 0 saturated carbocycles. The van der Waals surface area contributed by atoms with Crippen molar-refractivity contribution in [3.63, 3.8) is 0 Å². The maximum atomic E-state index is 13.0. The Kier molecular flexibility index (Phi) is 6.32. The van der Waals surface area contributed by atoms with Crippen LogP contribution in [0.5, 0.6) is 0 Å². The molecular formula is C26H19F3N2O3. The fourth-order valence-corrected chi connectivity index (χ4v) is 3.64. The van der Waals surface area contributed by atoms with E-state index in [0.717, 1.165) is 12.1 Å². The Bertz CT molecular complexity index is 1350. The highest BCUT2D eigenvalue weighted by Gasteiger charge is 2.30. The maximum Gasteiger partial charge on any atom is 0.416 e. The van der Waals surface area contributed by atoms with E-state index in [1.54, 1.807) is 66.7 Å². The zero-order valence-electron chi connectivity index (χ0n) is 17.7. The third kappa shape index (κ3) is 5.23. The molecule has 34 heavy (non-hydrogen) atoms. The van der Waals surface area contributed by atoms with Crippen molar-refractivity contribution in [2.24, 2.45) is 0 Å². The van der Waals surface area contributed by atoms with Crippen LogP contribution in [-0.4, -0.2) is 22.0 Å². The number of carboxylic acids is 1. The van der Waals surface area contributed by atoms with Crippen LogP contribution in [0.3, 0.4) is 0 Å². The van der Waals surface area contributed by atoms with Crippen LogP contribution >= 0.6 is 0 Å². The highest BCUT2D eigenvalue weighted by Crippen LogP contribution is 2.32. The lowest BCUT2D eigenvalue weighted by molar-refractivity contribution is -0.138. The highest BCUT2D eigenvalue weighted by molar-refractivity contribution is 5.98. The summed E-state index contributed by atoms with van der Waals surface area (Å²) in [5.41, 5.74) is 1.45. The monoisotopic (exact) mass is 464 g/mol. The number of carbonyl (C=O) groups excluding carboxylic acids is 1. The highest BCUT2D eigenvalue weighted by atomic mass is 19.4. The molecule has 4 aromatic rings. The Morgan fingerprint density at radius 3 is 2.38 bits per heavy atom. The number of hydrogen-bond acceptors (Lipinski definition) is 3. The Labute approximate surface area is 192 Å². The smallest absolute Gasteiger partial charge is 0.416 e. The molecule has 1 unspecified atom stereocenters. The topological polar surface area (TPSA) is 79.3 Å². The van der Waals surface area contributed by atoms with E-state index in [9.17, 15) is 27.9 Å². The van der Waals surface area contributed by atoms with E-state index in [-0.39, 0.29) is 6.42 Å². The summed E-state index contributed by atoms with van der Waals surface area (Å²) < 4.78 is 39.1. The minimum absolute atomic E-state index is 0.273. The Morgan fingerprint density at radius 1 is 0.912 bits per heavy atom. The molecule has 3 aromatic carbocycles. The molecule has 2 N–H and O–H groups in total. The van der Waals surface area contributed by atoms with Crippen molar-refractivity contribution >= 4 is 22.8 Å². The van der Waals surface area contributed by atoms with Crippen LogP contribution in [0.2, 0.25) is 0 Å². The summed E-state index contributed by atoms with van der Waals surface area (Å²) in [6.45, 7) is 0. The van der Waals surface area contributed by atoms with E-state index in [1.807, 2.05) is 0 Å². The van der Waals surface area contributed by atoms with Crippen LogP contribution in [0.4, 0.5) is 13.2 Å². The number of nitrogens with one attached hydrogen (secondary N) is 1. The number of rotatable bonds is 6. The van der Waals surface area contributed by atoms with Crippen molar-refractivity contribution < 1.29 is 27.9 Å². The van der Waals surface area contributed by atoms with Gasteiger partial charge in [-0.05, 0) is 42.0 Å². The molecule has 0 radical (unpaired) electrons. The largest absolute Gasteiger partial charge is 0.481 e. The fourth-order valence-electron chi connectivity index (χ4n) is 3.64. The van der Waals surface area contributed by atoms with E-state index in [1.165, 1.54) is 6.07 Å². The number of carboxylic acid groups (broad SMARTS) is 1. The van der Waals surface area contributed by atoms with E-state index < -0.39 is 29.7 Å². The fraction of sp³-hybridized carbons (Fsp3) is 0.115. The first-order chi connectivity index (χ1) is 16.2. The van der Waals surface area contributed by atoms with Crippen LogP contribution in [0.15, 0.2) is 84.9 Å². The third-order valence-corrected chi connectivity index (χ3v) is 5.32. The molecule has 4 rings (SSSR count). The van der Waals surface area contributed by atoms with Gasteiger partial charge in [0.25, 0.3) is 5.91 Å². The van der Waals surface area contributed by atoms with E-state index in [4.69, 9.17) is 0 Å². The van der Waals surface area contributed by atoms with Crippen molar-refractivity contribution in [1.82, 2.24) is 10.3 Å². The van der Waals surface area contributed by atoms with E-state index in [2.05, 4.69) is 10.3 Å². The Balaban J connectivity index is 1.59. The molecule has 0 spiro atoms. The quantitative estimate of drug-likeness (QED) is 0.374. The van der Waals surface area contributed by atoms with Crippen LogP contribution in [0, 0.1) is 0 Å². The third-order valence-electron chi connectivity index (χ3n) is 5.32. The summed E-state index contributed by atoms with van der Waals surface area (Å²) in [6, 6.07) is 21.1. The number of aliphatic carboxylic acids is 1. The molecule has 0 saturated heterocycles. The lowest BCUT2D eigenvalue weighted by Crippen LogP contribution is -2.30. The van der Waals surface area contributed by atoms with Crippen molar-refractivity contribution in [3.05, 3.63) is 102 Å². The average molecular weight is 464 g/mol. The van der Waals surface area contributed by atoms with Crippen LogP contribution < -0.4 is 5.32 Å². The molecule has 0 aliphatic heterocycles. The van der Waals surface area contributed by atoms with Gasteiger partial charge in [-0.2, -0.15) is 13.2 Å². The maximum absolute atomic E-state index is 13.0. The number of hydrogen-bond donors (Lipinski definition) is 2. The summed E-state index contributed by atoms with van der Waals surface area (Å²) in [7, 11) is 0. The minimum atomic E-state index is -4.45. The first kappa shape index (κ1) is 23.0. The molecule has 8 heteroatoms. The first-order valence-corrected chi connectivity index (χ1v) is 10.4. The van der Waals surface area contributed by atoms with E-state index in [0.29, 0.717) is 33.3 Å². The van der Waals surface area contributed by atoms with Crippen LogP contribution in [0.1, 0.15) is 33.9 Å². The van der Waals surface area contributed by atoms with Gasteiger partial charge in [0, 0.05) is 16.5 Å². The van der Waals surface area contributed by atoms with Gasteiger partial charge in [0.15, 0.2) is 0 Å². The van der Waals surface area contributed by atoms with Gasteiger partial charge in [-0.25, -0.2) is 4.98 Å². The molecule has 0 aliphatic rings. The summed E-state index contributed by atoms with van der Waals surface area (Å²) in [6.07, 6.45) is -4.72. The van der Waals surface area contributed by atoms with Gasteiger partial charge in [0.05, 0.1) is 29.2 Å². The van der Waals surface area contributed by atoms with E-state index >= 15 is 0 Å². The molecule has 5 nitrogen and oxygen atoms in total. The van der Waals surface area contributed by atoms with Crippen molar-refractivity contribution in [2.75, 3.05) is 0 Å². The molecule has 1 amide bonds. The second kappa shape index (κ2) is 9.35. The lowest BCUT2D eigenvalue weighted by atomic mass is 10.0. The predicted octanol–water partition coefficient (Wildman–Crippen LogP) is 5.87.